The van der Waals surface area contributed by atoms with Crippen LogP contribution in [0.4, 0.5) is 13.6 Å². The molecule has 1 heterocycles. The van der Waals surface area contributed by atoms with E-state index in [9.17, 15) is 13.6 Å². The number of nitrogens with one attached hydrogen (secondary N) is 2. The van der Waals surface area contributed by atoms with Crippen LogP contribution in [0.2, 0.25) is 0 Å². The van der Waals surface area contributed by atoms with Gasteiger partial charge >= 0.3 is 12.6 Å². The van der Waals surface area contributed by atoms with Gasteiger partial charge in [0.25, 0.3) is 0 Å². The monoisotopic (exact) mass is 299 g/mol. The topological polar surface area (TPSA) is 63.2 Å². The smallest absolute Gasteiger partial charge is 0.388 e. The van der Waals surface area contributed by atoms with Crippen LogP contribution in [0.3, 0.4) is 0 Å². The Balaban J connectivity index is 1.80. The van der Waals surface area contributed by atoms with Gasteiger partial charge in [-0.15, -0.1) is 0 Å². The maximum Gasteiger partial charge on any atom is 0.388 e. The Kier molecular flexibility index (Phi) is 5.30. The Morgan fingerprint density at radius 3 is 3.00 bits per heavy atom. The highest BCUT2D eigenvalue weighted by molar-refractivity contribution is 5.74. The van der Waals surface area contributed by atoms with Crippen LogP contribution in [0.5, 0.6) is 5.88 Å². The van der Waals surface area contributed by atoms with E-state index in [2.05, 4.69) is 27.3 Å². The third-order valence-corrected chi connectivity index (χ3v) is 3.64. The Labute approximate surface area is 122 Å². The highest BCUT2D eigenvalue weighted by Gasteiger charge is 2.24. The van der Waals surface area contributed by atoms with Crippen molar-refractivity contribution in [3.05, 3.63) is 23.9 Å². The van der Waals surface area contributed by atoms with Crippen molar-refractivity contribution in [2.24, 2.45) is 5.92 Å². The van der Waals surface area contributed by atoms with Gasteiger partial charge in [-0.3, -0.25) is 0 Å². The molecule has 2 amide bonds. The first-order chi connectivity index (χ1) is 10.0. The number of ether oxygens (including phenoxy) is 1. The lowest BCUT2D eigenvalue weighted by Gasteiger charge is -2.17. The van der Waals surface area contributed by atoms with Gasteiger partial charge in [-0.25, -0.2) is 9.78 Å². The van der Waals surface area contributed by atoms with Crippen LogP contribution < -0.4 is 15.4 Å². The van der Waals surface area contributed by atoms with Crippen molar-refractivity contribution in [3.63, 3.8) is 0 Å². The fraction of sp³-hybridized carbons (Fsp3) is 0.571. The zero-order valence-electron chi connectivity index (χ0n) is 11.8. The molecule has 21 heavy (non-hydrogen) atoms. The molecular weight excluding hydrogens is 280 g/mol. The van der Waals surface area contributed by atoms with Crippen LogP contribution in [0.25, 0.3) is 0 Å². The van der Waals surface area contributed by atoms with Crippen molar-refractivity contribution in [1.29, 1.82) is 0 Å². The molecular formula is C14H19F2N3O2. The minimum Gasteiger partial charge on any atom is -0.417 e. The molecule has 116 valence electrons. The first kappa shape index (κ1) is 15.5. The minimum absolute atomic E-state index is 0.158. The van der Waals surface area contributed by atoms with Crippen molar-refractivity contribution in [3.8, 4) is 5.88 Å². The number of halogens is 2. The summed E-state index contributed by atoms with van der Waals surface area (Å²) < 4.78 is 28.4. The second-order valence-electron chi connectivity index (χ2n) is 5.22. The molecule has 7 heteroatoms. The maximum absolute atomic E-state index is 12.1. The number of alkyl halides is 2. The van der Waals surface area contributed by atoms with E-state index in [4.69, 9.17) is 0 Å². The SMILES string of the molecule is CC1CCCC1NC(=O)NCc1ccnc(OC(F)F)c1. The summed E-state index contributed by atoms with van der Waals surface area (Å²) in [6, 6.07) is 2.98. The number of amides is 2. The van der Waals surface area contributed by atoms with Gasteiger partial charge < -0.3 is 15.4 Å². The van der Waals surface area contributed by atoms with Crippen molar-refractivity contribution >= 4 is 6.03 Å². The minimum atomic E-state index is -2.91. The Hall–Kier alpha value is -1.92. The molecule has 0 aliphatic heterocycles. The first-order valence-corrected chi connectivity index (χ1v) is 6.98. The van der Waals surface area contributed by atoms with Crippen LogP contribution in [0.1, 0.15) is 31.7 Å². The molecule has 1 aromatic heterocycles. The molecule has 1 aromatic rings. The number of aromatic nitrogens is 1. The lowest BCUT2D eigenvalue weighted by atomic mass is 10.1. The normalized spacial score (nSPS) is 21.3. The molecule has 1 fully saturated rings. The molecule has 0 saturated heterocycles. The Morgan fingerprint density at radius 2 is 2.33 bits per heavy atom. The van der Waals surface area contributed by atoms with E-state index in [0.29, 0.717) is 11.5 Å². The van der Waals surface area contributed by atoms with Crippen LogP contribution in [0.15, 0.2) is 18.3 Å². The number of hydrogen-bond donors (Lipinski definition) is 2. The van der Waals surface area contributed by atoms with Gasteiger partial charge in [-0.05, 0) is 30.4 Å². The van der Waals surface area contributed by atoms with Crippen LogP contribution >= 0.6 is 0 Å². The molecule has 2 atom stereocenters. The quantitative estimate of drug-likeness (QED) is 0.878. The summed E-state index contributed by atoms with van der Waals surface area (Å²) in [6.07, 6.45) is 4.62. The average Bonchev–Trinajstić information content (AvgIpc) is 2.82. The summed E-state index contributed by atoms with van der Waals surface area (Å²) in [4.78, 5) is 15.5. The molecule has 0 aromatic carbocycles. The molecule has 0 spiro atoms. The molecule has 1 aliphatic rings. The zero-order chi connectivity index (χ0) is 15.2. The third-order valence-electron chi connectivity index (χ3n) is 3.64. The van der Waals surface area contributed by atoms with Gasteiger partial charge in [0.05, 0.1) is 0 Å². The van der Waals surface area contributed by atoms with Crippen LogP contribution in [-0.4, -0.2) is 23.7 Å². The number of urea groups is 1. The second kappa shape index (κ2) is 7.19. The van der Waals surface area contributed by atoms with Gasteiger partial charge in [0, 0.05) is 24.8 Å². The van der Waals surface area contributed by atoms with Gasteiger partial charge in [0.2, 0.25) is 5.88 Å². The third kappa shape index (κ3) is 4.84. The fourth-order valence-corrected chi connectivity index (χ4v) is 2.48. The maximum atomic E-state index is 12.1. The second-order valence-corrected chi connectivity index (χ2v) is 5.22. The van der Waals surface area contributed by atoms with Gasteiger partial charge in [0.1, 0.15) is 0 Å². The van der Waals surface area contributed by atoms with E-state index in [0.717, 1.165) is 19.3 Å². The summed E-state index contributed by atoms with van der Waals surface area (Å²) in [5.41, 5.74) is 0.648. The molecule has 1 aliphatic carbocycles. The predicted molar refractivity (Wildman–Crippen MR) is 73.0 cm³/mol. The molecule has 1 saturated carbocycles. The summed E-state index contributed by atoms with van der Waals surface area (Å²) >= 11 is 0. The molecule has 0 bridgehead atoms. The van der Waals surface area contributed by atoms with E-state index in [-0.39, 0.29) is 24.5 Å². The Morgan fingerprint density at radius 1 is 1.52 bits per heavy atom. The van der Waals surface area contributed by atoms with Crippen molar-refractivity contribution in [2.45, 2.75) is 45.4 Å². The molecule has 0 radical (unpaired) electrons. The van der Waals surface area contributed by atoms with E-state index in [1.807, 2.05) is 0 Å². The van der Waals surface area contributed by atoms with Gasteiger partial charge in [-0.2, -0.15) is 8.78 Å². The first-order valence-electron chi connectivity index (χ1n) is 6.98. The highest BCUT2D eigenvalue weighted by Crippen LogP contribution is 2.24. The molecule has 2 N–H and O–H groups in total. The zero-order valence-corrected chi connectivity index (χ0v) is 11.8. The van der Waals surface area contributed by atoms with Crippen molar-refractivity contribution in [1.82, 2.24) is 15.6 Å². The Bertz CT molecular complexity index is 485. The van der Waals surface area contributed by atoms with Crippen LogP contribution in [-0.2, 0) is 6.54 Å². The lowest BCUT2D eigenvalue weighted by molar-refractivity contribution is -0.0529. The number of pyridine rings is 1. The van der Waals surface area contributed by atoms with E-state index in [1.165, 1.54) is 12.3 Å². The number of rotatable bonds is 5. The van der Waals surface area contributed by atoms with Crippen molar-refractivity contribution in [2.75, 3.05) is 0 Å². The molecule has 2 rings (SSSR count). The average molecular weight is 299 g/mol. The summed E-state index contributed by atoms with van der Waals surface area (Å²) in [5.74, 6) is 0.330. The number of hydrogen-bond acceptors (Lipinski definition) is 3. The lowest BCUT2D eigenvalue weighted by Crippen LogP contribution is -2.42. The fourth-order valence-electron chi connectivity index (χ4n) is 2.48. The summed E-state index contributed by atoms with van der Waals surface area (Å²) in [5, 5.41) is 5.63. The molecule has 2 unspecified atom stereocenters. The molecule has 5 nitrogen and oxygen atoms in total. The standard InChI is InChI=1S/C14H19F2N3O2/c1-9-3-2-4-11(9)19-14(20)18-8-10-5-6-17-12(7-10)21-13(15)16/h5-7,9,11,13H,2-4,8H2,1H3,(H2,18,19,20). The number of carbonyl (C=O) groups is 1. The number of nitrogens with zero attached hydrogens (tertiary/aromatic N) is 1. The van der Waals surface area contributed by atoms with Gasteiger partial charge in [0.15, 0.2) is 0 Å². The van der Waals surface area contributed by atoms with Gasteiger partial charge in [-0.1, -0.05) is 13.3 Å². The summed E-state index contributed by atoms with van der Waals surface area (Å²) in [6.45, 7) is -0.558. The van der Waals surface area contributed by atoms with Crippen LogP contribution in [0, 0.1) is 5.92 Å². The highest BCUT2D eigenvalue weighted by atomic mass is 19.3. The summed E-state index contributed by atoms with van der Waals surface area (Å²) in [7, 11) is 0. The number of carbonyl (C=O) groups excluding carboxylic acids is 1. The van der Waals surface area contributed by atoms with E-state index >= 15 is 0 Å². The largest absolute Gasteiger partial charge is 0.417 e. The predicted octanol–water partition coefficient (Wildman–Crippen LogP) is 2.67. The van der Waals surface area contributed by atoms with E-state index < -0.39 is 6.61 Å². The van der Waals surface area contributed by atoms with E-state index in [1.54, 1.807) is 6.07 Å². The van der Waals surface area contributed by atoms with Crippen molar-refractivity contribution < 1.29 is 18.3 Å².